The molecule has 1 fully saturated rings. The second-order valence-electron chi connectivity index (χ2n) is 8.81. The summed E-state index contributed by atoms with van der Waals surface area (Å²) in [6, 6.07) is 14.0. The Morgan fingerprint density at radius 1 is 1.09 bits per heavy atom. The van der Waals surface area contributed by atoms with Crippen LogP contribution in [-0.4, -0.2) is 48.6 Å². The number of hydrogen-bond acceptors (Lipinski definition) is 5. The molecule has 6 nitrogen and oxygen atoms in total. The van der Waals surface area contributed by atoms with Crippen molar-refractivity contribution in [2.24, 2.45) is 5.92 Å². The molecule has 1 saturated heterocycles. The van der Waals surface area contributed by atoms with Gasteiger partial charge in [-0.1, -0.05) is 55.8 Å². The molecule has 1 aliphatic rings. The number of ketones is 1. The monoisotopic (exact) mass is 451 g/mol. The summed E-state index contributed by atoms with van der Waals surface area (Å²) in [5.74, 6) is -0.266. The largest absolute Gasteiger partial charge is 0.507 e. The number of hydrogen-bond donors (Lipinski definition) is 1. The van der Waals surface area contributed by atoms with Gasteiger partial charge in [0.1, 0.15) is 11.5 Å². The Morgan fingerprint density at radius 2 is 1.82 bits per heavy atom. The summed E-state index contributed by atoms with van der Waals surface area (Å²) in [4.78, 5) is 27.6. The van der Waals surface area contributed by atoms with E-state index < -0.39 is 17.7 Å². The highest BCUT2D eigenvalue weighted by Gasteiger charge is 2.45. The molecule has 6 heteroatoms. The minimum Gasteiger partial charge on any atom is -0.507 e. The van der Waals surface area contributed by atoms with Crippen molar-refractivity contribution in [2.75, 3.05) is 26.9 Å². The van der Waals surface area contributed by atoms with Crippen molar-refractivity contribution < 1.29 is 24.2 Å². The lowest BCUT2D eigenvalue weighted by Gasteiger charge is -2.25. The van der Waals surface area contributed by atoms with E-state index in [9.17, 15) is 14.7 Å². The number of benzene rings is 2. The standard InChI is InChI=1S/C27H33NO5/c1-18(2)13-16-33-22-8-5-7-21(17-22)24-23(25(29)20-11-9-19(3)10-12-20)26(30)27(31)28(24)14-6-15-32-4/h5,7-12,17-18,24,29H,6,13-16H2,1-4H3. The van der Waals surface area contributed by atoms with Crippen LogP contribution in [0.4, 0.5) is 0 Å². The van der Waals surface area contributed by atoms with Crippen molar-refractivity contribution >= 4 is 17.4 Å². The first kappa shape index (κ1) is 24.5. The van der Waals surface area contributed by atoms with Crippen LogP contribution in [0.2, 0.25) is 0 Å². The molecule has 33 heavy (non-hydrogen) atoms. The van der Waals surface area contributed by atoms with Crippen molar-refractivity contribution in [1.29, 1.82) is 0 Å². The summed E-state index contributed by atoms with van der Waals surface area (Å²) in [5.41, 5.74) is 2.36. The van der Waals surface area contributed by atoms with Gasteiger partial charge in [0, 0.05) is 25.8 Å². The first-order valence-electron chi connectivity index (χ1n) is 11.4. The number of aliphatic hydroxyl groups is 1. The molecule has 0 saturated carbocycles. The molecule has 1 aliphatic heterocycles. The lowest BCUT2D eigenvalue weighted by Crippen LogP contribution is -2.31. The summed E-state index contributed by atoms with van der Waals surface area (Å²) < 4.78 is 11.0. The van der Waals surface area contributed by atoms with Crippen molar-refractivity contribution in [3.8, 4) is 5.75 Å². The number of carbonyl (C=O) groups excluding carboxylic acids is 2. The molecule has 1 amide bonds. The van der Waals surface area contributed by atoms with Crippen LogP contribution < -0.4 is 4.74 Å². The highest BCUT2D eigenvalue weighted by molar-refractivity contribution is 6.46. The van der Waals surface area contributed by atoms with Crippen LogP contribution in [0.3, 0.4) is 0 Å². The molecule has 176 valence electrons. The van der Waals surface area contributed by atoms with Gasteiger partial charge in [-0.15, -0.1) is 0 Å². The van der Waals surface area contributed by atoms with Crippen LogP contribution in [0, 0.1) is 12.8 Å². The first-order chi connectivity index (χ1) is 15.8. The molecule has 0 aliphatic carbocycles. The van der Waals surface area contributed by atoms with Gasteiger partial charge in [0.05, 0.1) is 18.2 Å². The van der Waals surface area contributed by atoms with Gasteiger partial charge in [0.15, 0.2) is 0 Å². The average Bonchev–Trinajstić information content (AvgIpc) is 3.04. The normalized spacial score (nSPS) is 17.7. The first-order valence-corrected chi connectivity index (χ1v) is 11.4. The number of methoxy groups -OCH3 is 1. The molecule has 0 spiro atoms. The number of Topliss-reactive ketones (excluding diaryl/α,β-unsaturated/α-hetero) is 1. The predicted molar refractivity (Wildman–Crippen MR) is 128 cm³/mol. The Labute approximate surface area is 195 Å². The zero-order chi connectivity index (χ0) is 24.0. The fourth-order valence-corrected chi connectivity index (χ4v) is 3.89. The maximum absolute atomic E-state index is 13.1. The number of carbonyl (C=O) groups is 2. The number of nitrogens with zero attached hydrogens (tertiary/aromatic N) is 1. The second kappa shape index (κ2) is 11.1. The SMILES string of the molecule is COCCCN1C(=O)C(=O)C(=C(O)c2ccc(C)cc2)C1c1cccc(OCCC(C)C)c1. The predicted octanol–water partition coefficient (Wildman–Crippen LogP) is 4.88. The topological polar surface area (TPSA) is 76.1 Å². The van der Waals surface area contributed by atoms with Gasteiger partial charge in [0.25, 0.3) is 11.7 Å². The number of rotatable bonds is 10. The molecule has 0 radical (unpaired) electrons. The van der Waals surface area contributed by atoms with Crippen LogP contribution >= 0.6 is 0 Å². The molecule has 2 aromatic rings. The van der Waals surface area contributed by atoms with E-state index in [1.165, 1.54) is 4.90 Å². The van der Waals surface area contributed by atoms with Crippen LogP contribution in [-0.2, 0) is 14.3 Å². The molecule has 2 aromatic carbocycles. The maximum atomic E-state index is 13.1. The van der Waals surface area contributed by atoms with Gasteiger partial charge in [-0.05, 0) is 43.4 Å². The molecule has 1 N–H and O–H groups in total. The Balaban J connectivity index is 2.03. The molecule has 1 atom stereocenters. The summed E-state index contributed by atoms with van der Waals surface area (Å²) in [7, 11) is 1.60. The van der Waals surface area contributed by atoms with Gasteiger partial charge in [-0.25, -0.2) is 0 Å². The van der Waals surface area contributed by atoms with Crippen molar-refractivity contribution in [1.82, 2.24) is 4.90 Å². The Morgan fingerprint density at radius 3 is 2.48 bits per heavy atom. The van der Waals surface area contributed by atoms with E-state index in [1.54, 1.807) is 19.2 Å². The van der Waals surface area contributed by atoms with Crippen molar-refractivity contribution in [3.05, 3.63) is 70.8 Å². The Hall–Kier alpha value is -3.12. The number of aryl methyl sites for hydroxylation is 1. The summed E-state index contributed by atoms with van der Waals surface area (Å²) in [6.07, 6.45) is 1.50. The lowest BCUT2D eigenvalue weighted by atomic mass is 9.95. The molecule has 0 aromatic heterocycles. The molecule has 0 bridgehead atoms. The Kier molecular flexibility index (Phi) is 8.28. The highest BCUT2D eigenvalue weighted by Crippen LogP contribution is 2.40. The summed E-state index contributed by atoms with van der Waals surface area (Å²) in [5, 5.41) is 11.1. The third-order valence-corrected chi connectivity index (χ3v) is 5.75. The van der Waals surface area contributed by atoms with E-state index in [4.69, 9.17) is 9.47 Å². The molecular weight excluding hydrogens is 418 g/mol. The van der Waals surface area contributed by atoms with Crippen LogP contribution in [0.15, 0.2) is 54.1 Å². The molecule has 1 heterocycles. The molecular formula is C27H33NO5. The average molecular weight is 452 g/mol. The van der Waals surface area contributed by atoms with Crippen LogP contribution in [0.25, 0.3) is 5.76 Å². The van der Waals surface area contributed by atoms with E-state index in [2.05, 4.69) is 13.8 Å². The van der Waals surface area contributed by atoms with Crippen LogP contribution in [0.5, 0.6) is 5.75 Å². The number of ether oxygens (including phenoxy) is 2. The zero-order valence-corrected chi connectivity index (χ0v) is 19.8. The highest BCUT2D eigenvalue weighted by atomic mass is 16.5. The van der Waals surface area contributed by atoms with Gasteiger partial charge >= 0.3 is 0 Å². The minimum absolute atomic E-state index is 0.0978. The third kappa shape index (κ3) is 5.82. The minimum atomic E-state index is -0.697. The molecule has 1 unspecified atom stereocenters. The van der Waals surface area contributed by atoms with E-state index in [0.717, 1.165) is 17.5 Å². The van der Waals surface area contributed by atoms with Gasteiger partial charge in [-0.2, -0.15) is 0 Å². The lowest BCUT2D eigenvalue weighted by molar-refractivity contribution is -0.140. The van der Waals surface area contributed by atoms with Crippen LogP contribution in [0.1, 0.15) is 49.4 Å². The summed E-state index contributed by atoms with van der Waals surface area (Å²) >= 11 is 0. The number of aliphatic hydroxyl groups excluding tert-OH is 1. The quantitative estimate of drug-likeness (QED) is 0.241. The smallest absolute Gasteiger partial charge is 0.295 e. The van der Waals surface area contributed by atoms with Crippen molar-refractivity contribution in [2.45, 2.75) is 39.7 Å². The van der Waals surface area contributed by atoms with E-state index >= 15 is 0 Å². The molecule has 3 rings (SSSR count). The Bertz CT molecular complexity index is 1010. The maximum Gasteiger partial charge on any atom is 0.295 e. The summed E-state index contributed by atoms with van der Waals surface area (Å²) in [6.45, 7) is 7.61. The fourth-order valence-electron chi connectivity index (χ4n) is 3.89. The van der Waals surface area contributed by atoms with E-state index in [-0.39, 0.29) is 11.3 Å². The van der Waals surface area contributed by atoms with E-state index in [1.807, 2.05) is 43.3 Å². The van der Waals surface area contributed by atoms with Crippen molar-refractivity contribution in [3.63, 3.8) is 0 Å². The van der Waals surface area contributed by atoms with E-state index in [0.29, 0.717) is 43.4 Å². The fraction of sp³-hybridized carbons (Fsp3) is 0.407. The van der Waals surface area contributed by atoms with Gasteiger partial charge in [-0.3, -0.25) is 9.59 Å². The van der Waals surface area contributed by atoms with Gasteiger partial charge in [0.2, 0.25) is 0 Å². The number of likely N-dealkylation sites (tertiary alicyclic amines) is 1. The third-order valence-electron chi connectivity index (χ3n) is 5.75. The number of amides is 1. The second-order valence-corrected chi connectivity index (χ2v) is 8.81. The van der Waals surface area contributed by atoms with Gasteiger partial charge < -0.3 is 19.5 Å². The zero-order valence-electron chi connectivity index (χ0n) is 19.8.